The van der Waals surface area contributed by atoms with E-state index in [0.717, 1.165) is 31.2 Å². The second-order valence-corrected chi connectivity index (χ2v) is 7.61. The van der Waals surface area contributed by atoms with Crippen LogP contribution in [0.1, 0.15) is 32.4 Å². The number of carbonyl (C=O) groups is 1. The molecule has 1 aliphatic heterocycles. The second kappa shape index (κ2) is 7.29. The molecule has 2 atom stereocenters. The average Bonchev–Trinajstić information content (AvgIpc) is 3.18. The highest BCUT2D eigenvalue weighted by Gasteiger charge is 2.25. The van der Waals surface area contributed by atoms with Gasteiger partial charge >= 0.3 is 0 Å². The van der Waals surface area contributed by atoms with Crippen LogP contribution >= 0.6 is 11.8 Å². The van der Waals surface area contributed by atoms with Crippen LogP contribution in [0.15, 0.2) is 28.0 Å². The van der Waals surface area contributed by atoms with E-state index in [9.17, 15) is 4.79 Å². The van der Waals surface area contributed by atoms with Gasteiger partial charge in [0.15, 0.2) is 5.16 Å². The molecule has 0 aliphatic carbocycles. The highest BCUT2D eigenvalue weighted by molar-refractivity contribution is 8.00. The molecule has 7 nitrogen and oxygen atoms in total. The highest BCUT2D eigenvalue weighted by Crippen LogP contribution is 2.29. The minimum absolute atomic E-state index is 0.360. The SMILES string of the molecule is CC1CCCN(c2nnc(SC(C)C(N)=O)n2Cc2ccco2)C1. The van der Waals surface area contributed by atoms with Crippen LogP contribution in [0.2, 0.25) is 0 Å². The number of rotatable bonds is 6. The van der Waals surface area contributed by atoms with Crippen LogP contribution < -0.4 is 10.6 Å². The fourth-order valence-electron chi connectivity index (χ4n) is 2.89. The van der Waals surface area contributed by atoms with Gasteiger partial charge in [0.1, 0.15) is 5.76 Å². The van der Waals surface area contributed by atoms with E-state index in [2.05, 4.69) is 22.0 Å². The summed E-state index contributed by atoms with van der Waals surface area (Å²) in [7, 11) is 0. The van der Waals surface area contributed by atoms with Crippen molar-refractivity contribution in [3.05, 3.63) is 24.2 Å². The summed E-state index contributed by atoms with van der Waals surface area (Å²) in [6.45, 7) is 6.50. The number of hydrogen-bond acceptors (Lipinski definition) is 6. The van der Waals surface area contributed by atoms with E-state index < -0.39 is 0 Å². The van der Waals surface area contributed by atoms with Crippen molar-refractivity contribution in [1.82, 2.24) is 14.8 Å². The third kappa shape index (κ3) is 3.75. The molecule has 0 aromatic carbocycles. The van der Waals surface area contributed by atoms with Crippen molar-refractivity contribution in [2.24, 2.45) is 11.7 Å². The molecule has 2 aromatic heterocycles. The Balaban J connectivity index is 1.89. The Labute approximate surface area is 145 Å². The van der Waals surface area contributed by atoms with Gasteiger partial charge in [0, 0.05) is 13.1 Å². The lowest BCUT2D eigenvalue weighted by molar-refractivity contribution is -0.117. The summed E-state index contributed by atoms with van der Waals surface area (Å²) < 4.78 is 7.50. The van der Waals surface area contributed by atoms with Gasteiger partial charge in [0.2, 0.25) is 11.9 Å². The highest BCUT2D eigenvalue weighted by atomic mass is 32.2. The van der Waals surface area contributed by atoms with Crippen molar-refractivity contribution in [3.8, 4) is 0 Å². The first-order valence-corrected chi connectivity index (χ1v) is 9.09. The zero-order chi connectivity index (χ0) is 17.1. The number of carbonyl (C=O) groups excluding carboxylic acids is 1. The molecule has 0 bridgehead atoms. The third-order valence-corrected chi connectivity index (χ3v) is 5.31. The van der Waals surface area contributed by atoms with Gasteiger partial charge in [-0.15, -0.1) is 10.2 Å². The topological polar surface area (TPSA) is 90.2 Å². The first-order chi connectivity index (χ1) is 11.5. The Kier molecular flexibility index (Phi) is 5.13. The van der Waals surface area contributed by atoms with Crippen LogP contribution in [0, 0.1) is 5.92 Å². The molecule has 3 rings (SSSR count). The molecule has 0 spiro atoms. The molecule has 0 radical (unpaired) electrons. The third-order valence-electron chi connectivity index (χ3n) is 4.21. The number of nitrogens with zero attached hydrogens (tertiary/aromatic N) is 4. The molecule has 1 fully saturated rings. The van der Waals surface area contributed by atoms with Crippen LogP contribution in [0.4, 0.5) is 5.95 Å². The van der Waals surface area contributed by atoms with Gasteiger partial charge in [0.05, 0.1) is 18.1 Å². The molecular weight excluding hydrogens is 326 g/mol. The molecule has 1 saturated heterocycles. The summed E-state index contributed by atoms with van der Waals surface area (Å²) in [6.07, 6.45) is 4.04. The van der Waals surface area contributed by atoms with Gasteiger partial charge in [-0.1, -0.05) is 18.7 Å². The van der Waals surface area contributed by atoms with Crippen LogP contribution in [0.5, 0.6) is 0 Å². The summed E-state index contributed by atoms with van der Waals surface area (Å²) in [5.74, 6) is 1.93. The van der Waals surface area contributed by atoms with Gasteiger partial charge in [-0.05, 0) is 37.8 Å². The number of nitrogens with two attached hydrogens (primary N) is 1. The molecule has 130 valence electrons. The lowest BCUT2D eigenvalue weighted by atomic mass is 10.0. The van der Waals surface area contributed by atoms with E-state index in [0.29, 0.717) is 17.6 Å². The normalized spacial score (nSPS) is 19.4. The molecule has 2 N–H and O–H groups in total. The van der Waals surface area contributed by atoms with Crippen LogP contribution in [0.25, 0.3) is 0 Å². The van der Waals surface area contributed by atoms with E-state index >= 15 is 0 Å². The minimum atomic E-state index is -0.363. The van der Waals surface area contributed by atoms with E-state index in [1.807, 2.05) is 16.7 Å². The summed E-state index contributed by atoms with van der Waals surface area (Å²) >= 11 is 1.33. The smallest absolute Gasteiger partial charge is 0.230 e. The number of piperidine rings is 1. The van der Waals surface area contributed by atoms with Crippen molar-refractivity contribution in [2.75, 3.05) is 18.0 Å². The van der Waals surface area contributed by atoms with Crippen molar-refractivity contribution in [2.45, 2.75) is 43.6 Å². The van der Waals surface area contributed by atoms with Crippen LogP contribution in [0.3, 0.4) is 0 Å². The molecule has 0 saturated carbocycles. The number of furan rings is 1. The zero-order valence-corrected chi connectivity index (χ0v) is 14.8. The average molecular weight is 349 g/mol. The number of anilines is 1. The summed E-state index contributed by atoms with van der Waals surface area (Å²) in [5.41, 5.74) is 5.39. The van der Waals surface area contributed by atoms with E-state index in [1.54, 1.807) is 13.2 Å². The fourth-order valence-corrected chi connectivity index (χ4v) is 3.68. The number of primary amides is 1. The molecule has 24 heavy (non-hydrogen) atoms. The Morgan fingerprint density at radius 2 is 2.38 bits per heavy atom. The van der Waals surface area contributed by atoms with Crippen molar-refractivity contribution < 1.29 is 9.21 Å². The Bertz CT molecular complexity index is 685. The molecule has 2 unspecified atom stereocenters. The molecule has 1 amide bonds. The zero-order valence-electron chi connectivity index (χ0n) is 14.0. The van der Waals surface area contributed by atoms with Crippen molar-refractivity contribution in [3.63, 3.8) is 0 Å². The first-order valence-electron chi connectivity index (χ1n) is 8.21. The van der Waals surface area contributed by atoms with Crippen LogP contribution in [-0.2, 0) is 11.3 Å². The largest absolute Gasteiger partial charge is 0.467 e. The maximum atomic E-state index is 11.4. The number of aromatic nitrogens is 3. The maximum Gasteiger partial charge on any atom is 0.230 e. The molecule has 8 heteroatoms. The van der Waals surface area contributed by atoms with E-state index in [-0.39, 0.29) is 11.2 Å². The molecule has 3 heterocycles. The standard InChI is InChI=1S/C16H23N5O2S/c1-11-5-3-7-20(9-11)15-18-19-16(24-12(2)14(17)22)21(15)10-13-6-4-8-23-13/h4,6,8,11-12H,3,5,7,9-10H2,1-2H3,(H2,17,22). The van der Waals surface area contributed by atoms with Crippen LogP contribution in [-0.4, -0.2) is 39.0 Å². The lowest BCUT2D eigenvalue weighted by Crippen LogP contribution is -2.36. The summed E-state index contributed by atoms with van der Waals surface area (Å²) in [6, 6.07) is 3.79. The predicted octanol–water partition coefficient (Wildman–Crippen LogP) is 2.12. The lowest BCUT2D eigenvalue weighted by Gasteiger charge is -2.31. The van der Waals surface area contributed by atoms with Gasteiger partial charge < -0.3 is 15.1 Å². The fraction of sp³-hybridized carbons (Fsp3) is 0.562. The van der Waals surface area contributed by atoms with E-state index in [1.165, 1.54) is 18.2 Å². The first kappa shape index (κ1) is 16.9. The maximum absolute atomic E-state index is 11.4. The Morgan fingerprint density at radius 3 is 3.04 bits per heavy atom. The van der Waals surface area contributed by atoms with Gasteiger partial charge in [-0.3, -0.25) is 9.36 Å². The summed E-state index contributed by atoms with van der Waals surface area (Å²) in [4.78, 5) is 13.7. The van der Waals surface area contributed by atoms with Gasteiger partial charge in [-0.25, -0.2) is 0 Å². The predicted molar refractivity (Wildman–Crippen MR) is 93.0 cm³/mol. The Morgan fingerprint density at radius 1 is 1.54 bits per heavy atom. The van der Waals surface area contributed by atoms with Crippen molar-refractivity contribution >= 4 is 23.6 Å². The van der Waals surface area contributed by atoms with Crippen molar-refractivity contribution in [1.29, 1.82) is 0 Å². The quantitative estimate of drug-likeness (QED) is 0.804. The Hall–Kier alpha value is -1.96. The number of amides is 1. The summed E-state index contributed by atoms with van der Waals surface area (Å²) in [5, 5.41) is 9.02. The minimum Gasteiger partial charge on any atom is -0.467 e. The molecule has 2 aromatic rings. The molecular formula is C16H23N5O2S. The number of hydrogen-bond donors (Lipinski definition) is 1. The molecule has 1 aliphatic rings. The number of thioether (sulfide) groups is 1. The van der Waals surface area contributed by atoms with E-state index in [4.69, 9.17) is 10.2 Å². The van der Waals surface area contributed by atoms with Gasteiger partial charge in [0.25, 0.3) is 0 Å². The monoisotopic (exact) mass is 349 g/mol. The second-order valence-electron chi connectivity index (χ2n) is 6.30. The van der Waals surface area contributed by atoms with Gasteiger partial charge in [-0.2, -0.15) is 0 Å².